The van der Waals surface area contributed by atoms with E-state index in [1.165, 1.54) is 12.1 Å². The summed E-state index contributed by atoms with van der Waals surface area (Å²) in [5.74, 6) is -1.01. The number of ether oxygens (including phenoxy) is 1. The van der Waals surface area contributed by atoms with Crippen LogP contribution in [0.4, 0.5) is 17.1 Å². The van der Waals surface area contributed by atoms with Gasteiger partial charge in [-0.1, -0.05) is 0 Å². The highest BCUT2D eigenvalue weighted by molar-refractivity contribution is 7.91. The molecule has 0 aliphatic rings. The van der Waals surface area contributed by atoms with Gasteiger partial charge in [-0.25, -0.2) is 8.42 Å². The first kappa shape index (κ1) is 22.5. The topological polar surface area (TPSA) is 109 Å². The van der Waals surface area contributed by atoms with Crippen molar-refractivity contribution in [2.45, 2.75) is 17.7 Å². The lowest BCUT2D eigenvalue weighted by molar-refractivity contribution is -0.138. The maximum atomic E-state index is 12.3. The zero-order valence-electron chi connectivity index (χ0n) is 16.5. The van der Waals surface area contributed by atoms with Crippen LogP contribution in [0.5, 0.6) is 0 Å². The number of hydrogen-bond donors (Lipinski definition) is 1. The third-order valence-electron chi connectivity index (χ3n) is 4.00. The predicted octanol–water partition coefficient (Wildman–Crippen LogP) is 3.82. The monoisotopic (exact) mass is 419 g/mol. The first-order valence-electron chi connectivity index (χ1n) is 9.09. The molecule has 9 heteroatoms. The molecule has 0 heterocycles. The van der Waals surface area contributed by atoms with Crippen LogP contribution in [0.1, 0.15) is 12.8 Å². The number of anilines is 1. The van der Waals surface area contributed by atoms with Gasteiger partial charge in [-0.3, -0.25) is 4.79 Å². The molecule has 0 aromatic heterocycles. The molecule has 0 aliphatic heterocycles. The summed E-state index contributed by atoms with van der Waals surface area (Å²) in [6.07, 6.45) is 0.203. The van der Waals surface area contributed by atoms with Crippen LogP contribution in [-0.4, -0.2) is 52.6 Å². The van der Waals surface area contributed by atoms with Gasteiger partial charge in [-0.05, 0) is 55.0 Å². The van der Waals surface area contributed by atoms with E-state index in [0.717, 1.165) is 5.69 Å². The van der Waals surface area contributed by atoms with Crippen LogP contribution in [0.15, 0.2) is 63.7 Å². The first-order chi connectivity index (χ1) is 13.8. The fourth-order valence-electron chi connectivity index (χ4n) is 2.38. The number of carbonyl (C=O) groups is 1. The van der Waals surface area contributed by atoms with Crippen molar-refractivity contribution in [3.05, 3.63) is 48.5 Å². The van der Waals surface area contributed by atoms with Crippen molar-refractivity contribution in [2.24, 2.45) is 10.2 Å². The van der Waals surface area contributed by atoms with E-state index in [0.29, 0.717) is 17.8 Å². The Balaban J connectivity index is 1.88. The molecule has 0 atom stereocenters. The molecule has 0 aliphatic carbocycles. The van der Waals surface area contributed by atoms with Gasteiger partial charge in [-0.15, -0.1) is 0 Å². The molecular weight excluding hydrogens is 394 g/mol. The molecule has 0 saturated heterocycles. The number of sulfone groups is 1. The molecule has 0 radical (unpaired) electrons. The molecule has 2 rings (SSSR count). The van der Waals surface area contributed by atoms with Crippen LogP contribution in [0, 0.1) is 0 Å². The van der Waals surface area contributed by atoms with Gasteiger partial charge in [0.25, 0.3) is 0 Å². The van der Waals surface area contributed by atoms with Crippen molar-refractivity contribution in [1.29, 1.82) is 0 Å². The van der Waals surface area contributed by atoms with Gasteiger partial charge in [-0.2, -0.15) is 10.2 Å². The molecule has 0 amide bonds. The fourth-order valence-corrected chi connectivity index (χ4v) is 3.67. The van der Waals surface area contributed by atoms with Crippen molar-refractivity contribution in [2.75, 3.05) is 38.0 Å². The van der Waals surface area contributed by atoms with Crippen molar-refractivity contribution in [3.63, 3.8) is 0 Å². The van der Waals surface area contributed by atoms with E-state index in [-0.39, 0.29) is 30.3 Å². The summed E-state index contributed by atoms with van der Waals surface area (Å²) < 4.78 is 29.8. The standard InChI is InChI=1S/C20H25N3O5S/c1-23(2)18-8-4-16(5-9-18)21-22-17-6-10-19(11-7-17)29(26,27)15-3-13-28-14-12-20(24)25/h4-11H,3,12-15H2,1-2H3,(H,24,25). The summed E-state index contributed by atoms with van der Waals surface area (Å²) in [5.41, 5.74) is 2.32. The van der Waals surface area contributed by atoms with Crippen LogP contribution in [0.2, 0.25) is 0 Å². The smallest absolute Gasteiger partial charge is 0.305 e. The zero-order chi connectivity index (χ0) is 21.3. The van der Waals surface area contributed by atoms with Crippen LogP contribution in [-0.2, 0) is 19.4 Å². The number of aliphatic carboxylic acids is 1. The summed E-state index contributed by atoms with van der Waals surface area (Å²) in [4.78, 5) is 12.6. The number of azo groups is 1. The number of nitrogens with zero attached hydrogens (tertiary/aromatic N) is 3. The third-order valence-corrected chi connectivity index (χ3v) is 5.82. The lowest BCUT2D eigenvalue weighted by atomic mass is 10.3. The molecule has 0 saturated carbocycles. The van der Waals surface area contributed by atoms with E-state index in [4.69, 9.17) is 9.84 Å². The Morgan fingerprint density at radius 2 is 1.52 bits per heavy atom. The average Bonchev–Trinajstić information content (AvgIpc) is 2.69. The quantitative estimate of drug-likeness (QED) is 0.438. The number of hydrogen-bond acceptors (Lipinski definition) is 7. The molecule has 0 spiro atoms. The van der Waals surface area contributed by atoms with Crippen molar-refractivity contribution in [3.8, 4) is 0 Å². The Hall–Kier alpha value is -2.78. The van der Waals surface area contributed by atoms with E-state index < -0.39 is 15.8 Å². The molecule has 0 fully saturated rings. The van der Waals surface area contributed by atoms with Gasteiger partial charge in [0.2, 0.25) is 0 Å². The van der Waals surface area contributed by atoms with Gasteiger partial charge in [0.1, 0.15) is 0 Å². The van der Waals surface area contributed by atoms with E-state index >= 15 is 0 Å². The lowest BCUT2D eigenvalue weighted by Gasteiger charge is -2.11. The summed E-state index contributed by atoms with van der Waals surface area (Å²) in [7, 11) is 0.480. The number of benzene rings is 2. The second-order valence-corrected chi connectivity index (χ2v) is 8.64. The highest BCUT2D eigenvalue weighted by Gasteiger charge is 2.14. The largest absolute Gasteiger partial charge is 0.481 e. The van der Waals surface area contributed by atoms with Crippen molar-refractivity contribution >= 4 is 32.9 Å². The predicted molar refractivity (Wildman–Crippen MR) is 111 cm³/mol. The number of rotatable bonds is 11. The average molecular weight is 420 g/mol. The van der Waals surface area contributed by atoms with E-state index in [1.807, 2.05) is 43.3 Å². The zero-order valence-corrected chi connectivity index (χ0v) is 17.3. The Labute approximate surface area is 170 Å². The van der Waals surface area contributed by atoms with Gasteiger partial charge in [0, 0.05) is 26.4 Å². The molecule has 2 aromatic carbocycles. The van der Waals surface area contributed by atoms with Crippen molar-refractivity contribution in [1.82, 2.24) is 0 Å². The summed E-state index contributed by atoms with van der Waals surface area (Å²) >= 11 is 0. The van der Waals surface area contributed by atoms with E-state index in [1.54, 1.807) is 12.1 Å². The lowest BCUT2D eigenvalue weighted by Crippen LogP contribution is -2.10. The highest BCUT2D eigenvalue weighted by atomic mass is 32.2. The van der Waals surface area contributed by atoms with Gasteiger partial charge < -0.3 is 14.7 Å². The molecule has 29 heavy (non-hydrogen) atoms. The van der Waals surface area contributed by atoms with Crippen LogP contribution in [0.3, 0.4) is 0 Å². The van der Waals surface area contributed by atoms with E-state index in [2.05, 4.69) is 10.2 Å². The summed E-state index contributed by atoms with van der Waals surface area (Å²) in [5, 5.41) is 16.8. The van der Waals surface area contributed by atoms with E-state index in [9.17, 15) is 13.2 Å². The van der Waals surface area contributed by atoms with Crippen LogP contribution in [0.25, 0.3) is 0 Å². The molecule has 2 aromatic rings. The Morgan fingerprint density at radius 1 is 0.966 bits per heavy atom. The minimum atomic E-state index is -3.43. The van der Waals surface area contributed by atoms with Gasteiger partial charge in [0.15, 0.2) is 9.84 Å². The van der Waals surface area contributed by atoms with Crippen LogP contribution >= 0.6 is 0 Å². The molecular formula is C20H25N3O5S. The normalized spacial score (nSPS) is 11.7. The highest BCUT2D eigenvalue weighted by Crippen LogP contribution is 2.23. The molecule has 156 valence electrons. The third kappa shape index (κ3) is 7.63. The number of carboxylic acids is 1. The second kappa shape index (κ2) is 10.7. The number of carboxylic acid groups (broad SMARTS) is 1. The molecule has 8 nitrogen and oxygen atoms in total. The Bertz CT molecular complexity index is 924. The Kier molecular flexibility index (Phi) is 8.29. The Morgan fingerprint density at radius 3 is 2.03 bits per heavy atom. The van der Waals surface area contributed by atoms with Crippen LogP contribution < -0.4 is 4.90 Å². The SMILES string of the molecule is CN(C)c1ccc(N=Nc2ccc(S(=O)(=O)CCCOCCC(=O)O)cc2)cc1. The summed E-state index contributed by atoms with van der Waals surface area (Å²) in [6.45, 7) is 0.276. The maximum Gasteiger partial charge on any atom is 0.305 e. The molecule has 0 bridgehead atoms. The van der Waals surface area contributed by atoms with Gasteiger partial charge in [0.05, 0.1) is 35.1 Å². The van der Waals surface area contributed by atoms with Gasteiger partial charge >= 0.3 is 5.97 Å². The van der Waals surface area contributed by atoms with Crippen molar-refractivity contribution < 1.29 is 23.1 Å². The minimum Gasteiger partial charge on any atom is -0.481 e. The fraction of sp³-hybridized carbons (Fsp3) is 0.350. The first-order valence-corrected chi connectivity index (χ1v) is 10.7. The maximum absolute atomic E-state index is 12.3. The second-order valence-electron chi connectivity index (χ2n) is 6.53. The summed E-state index contributed by atoms with van der Waals surface area (Å²) in [6, 6.07) is 13.8. The minimum absolute atomic E-state index is 0.0703. The molecule has 1 N–H and O–H groups in total. The molecule has 0 unspecified atom stereocenters.